The van der Waals surface area contributed by atoms with Gasteiger partial charge in [-0.2, -0.15) is 0 Å². The van der Waals surface area contributed by atoms with Gasteiger partial charge in [-0.25, -0.2) is 0 Å². The molecular weight excluding hydrogens is 228 g/mol. The second-order valence-corrected chi connectivity index (χ2v) is 6.35. The second kappa shape index (κ2) is 5.92. The van der Waals surface area contributed by atoms with Gasteiger partial charge < -0.3 is 5.11 Å². The van der Waals surface area contributed by atoms with Crippen molar-refractivity contribution in [3.63, 3.8) is 0 Å². The summed E-state index contributed by atoms with van der Waals surface area (Å²) in [6.45, 7) is 4.18. The van der Waals surface area contributed by atoms with Gasteiger partial charge in [-0.1, -0.05) is 38.5 Å². The van der Waals surface area contributed by atoms with Crippen molar-refractivity contribution in [2.45, 2.75) is 50.0 Å². The lowest BCUT2D eigenvalue weighted by atomic mass is 9.93. The van der Waals surface area contributed by atoms with E-state index in [2.05, 4.69) is 38.1 Å². The van der Waals surface area contributed by atoms with Crippen LogP contribution in [0.5, 0.6) is 0 Å². The summed E-state index contributed by atoms with van der Waals surface area (Å²) >= 11 is 1.98. The fourth-order valence-corrected chi connectivity index (χ4v) is 3.68. The van der Waals surface area contributed by atoms with Crippen molar-refractivity contribution < 1.29 is 5.11 Å². The molecule has 1 heterocycles. The first-order valence-electron chi connectivity index (χ1n) is 6.58. The highest BCUT2D eigenvalue weighted by atomic mass is 32.2. The van der Waals surface area contributed by atoms with Crippen LogP contribution < -0.4 is 0 Å². The second-order valence-electron chi connectivity index (χ2n) is 5.29. The van der Waals surface area contributed by atoms with E-state index < -0.39 is 0 Å². The van der Waals surface area contributed by atoms with Gasteiger partial charge in [0.1, 0.15) is 0 Å². The van der Waals surface area contributed by atoms with Crippen LogP contribution in [-0.2, 0) is 0 Å². The molecule has 17 heavy (non-hydrogen) atoms. The molecule has 0 spiro atoms. The van der Waals surface area contributed by atoms with E-state index in [1.54, 1.807) is 0 Å². The number of hydrogen-bond acceptors (Lipinski definition) is 2. The van der Waals surface area contributed by atoms with Crippen molar-refractivity contribution in [2.24, 2.45) is 5.92 Å². The molecule has 2 atom stereocenters. The van der Waals surface area contributed by atoms with E-state index in [1.807, 2.05) is 11.8 Å². The maximum absolute atomic E-state index is 9.79. The lowest BCUT2D eigenvalue weighted by Gasteiger charge is -2.16. The van der Waals surface area contributed by atoms with Crippen LogP contribution in [0.3, 0.4) is 0 Å². The van der Waals surface area contributed by atoms with Crippen molar-refractivity contribution in [1.82, 2.24) is 0 Å². The van der Waals surface area contributed by atoms with Crippen LogP contribution in [0.4, 0.5) is 0 Å². The minimum Gasteiger partial charge on any atom is -0.393 e. The van der Waals surface area contributed by atoms with Crippen molar-refractivity contribution >= 4 is 11.8 Å². The third-order valence-electron chi connectivity index (χ3n) is 3.62. The SMILES string of the molecule is CC(C)C(O)CCCC1CSc2ccccc21. The lowest BCUT2D eigenvalue weighted by molar-refractivity contribution is 0.113. The first-order chi connectivity index (χ1) is 8.18. The molecule has 1 aliphatic heterocycles. The zero-order valence-electron chi connectivity index (χ0n) is 10.7. The normalized spacial score (nSPS) is 20.6. The highest BCUT2D eigenvalue weighted by Gasteiger charge is 2.22. The minimum atomic E-state index is -0.126. The van der Waals surface area contributed by atoms with E-state index in [-0.39, 0.29) is 6.10 Å². The molecule has 2 unspecified atom stereocenters. The molecule has 0 saturated carbocycles. The van der Waals surface area contributed by atoms with Gasteiger partial charge in [-0.15, -0.1) is 11.8 Å². The van der Waals surface area contributed by atoms with E-state index >= 15 is 0 Å². The third kappa shape index (κ3) is 3.26. The molecule has 2 rings (SSSR count). The third-order valence-corrected chi connectivity index (χ3v) is 4.87. The van der Waals surface area contributed by atoms with E-state index in [1.165, 1.54) is 22.6 Å². The van der Waals surface area contributed by atoms with Crippen LogP contribution in [0, 0.1) is 5.92 Å². The molecule has 0 aromatic heterocycles. The van der Waals surface area contributed by atoms with Crippen LogP contribution in [0.2, 0.25) is 0 Å². The van der Waals surface area contributed by atoms with Crippen LogP contribution in [-0.4, -0.2) is 17.0 Å². The number of aliphatic hydroxyl groups is 1. The maximum Gasteiger partial charge on any atom is 0.0563 e. The molecule has 1 N–H and O–H groups in total. The standard InChI is InChI=1S/C15H22OS/c1-11(2)14(16)8-5-6-12-10-17-15-9-4-3-7-13(12)15/h3-4,7,9,11-12,14,16H,5-6,8,10H2,1-2H3. The fourth-order valence-electron chi connectivity index (χ4n) is 2.37. The molecule has 0 saturated heterocycles. The van der Waals surface area contributed by atoms with E-state index in [4.69, 9.17) is 0 Å². The van der Waals surface area contributed by atoms with Crippen molar-refractivity contribution in [2.75, 3.05) is 5.75 Å². The highest BCUT2D eigenvalue weighted by molar-refractivity contribution is 7.99. The fraction of sp³-hybridized carbons (Fsp3) is 0.600. The molecule has 94 valence electrons. The predicted molar refractivity (Wildman–Crippen MR) is 74.6 cm³/mol. The van der Waals surface area contributed by atoms with Gasteiger partial charge in [0.15, 0.2) is 0 Å². The van der Waals surface area contributed by atoms with Gasteiger partial charge in [0.2, 0.25) is 0 Å². The summed E-state index contributed by atoms with van der Waals surface area (Å²) in [5, 5.41) is 9.79. The summed E-state index contributed by atoms with van der Waals surface area (Å²) in [5.74, 6) is 2.31. The zero-order valence-corrected chi connectivity index (χ0v) is 11.5. The molecule has 0 bridgehead atoms. The molecule has 0 amide bonds. The minimum absolute atomic E-state index is 0.126. The summed E-state index contributed by atoms with van der Waals surface area (Å²) in [6, 6.07) is 8.75. The molecule has 1 aromatic carbocycles. The van der Waals surface area contributed by atoms with Crippen molar-refractivity contribution in [3.05, 3.63) is 29.8 Å². The molecule has 1 aromatic rings. The quantitative estimate of drug-likeness (QED) is 0.850. The molecule has 0 radical (unpaired) electrons. The molecule has 1 nitrogen and oxygen atoms in total. The smallest absolute Gasteiger partial charge is 0.0563 e. The summed E-state index contributed by atoms with van der Waals surface area (Å²) in [4.78, 5) is 1.46. The Hall–Kier alpha value is -0.470. The van der Waals surface area contributed by atoms with Gasteiger partial charge in [0.05, 0.1) is 6.10 Å². The number of benzene rings is 1. The van der Waals surface area contributed by atoms with Gasteiger partial charge in [-0.05, 0) is 36.3 Å². The van der Waals surface area contributed by atoms with E-state index in [0.29, 0.717) is 11.8 Å². The average molecular weight is 250 g/mol. The topological polar surface area (TPSA) is 20.2 Å². The molecule has 0 aliphatic carbocycles. The molecule has 2 heteroatoms. The molecule has 1 aliphatic rings. The van der Waals surface area contributed by atoms with E-state index in [9.17, 15) is 5.11 Å². The maximum atomic E-state index is 9.79. The average Bonchev–Trinajstić information content (AvgIpc) is 2.72. The van der Waals surface area contributed by atoms with Crippen LogP contribution in [0.1, 0.15) is 44.6 Å². The Balaban J connectivity index is 1.82. The van der Waals surface area contributed by atoms with Gasteiger partial charge >= 0.3 is 0 Å². The highest BCUT2D eigenvalue weighted by Crippen LogP contribution is 2.41. The number of hydrogen-bond donors (Lipinski definition) is 1. The van der Waals surface area contributed by atoms with Gasteiger partial charge in [-0.3, -0.25) is 0 Å². The Kier molecular flexibility index (Phi) is 4.52. The summed E-state index contributed by atoms with van der Waals surface area (Å²) in [7, 11) is 0. The van der Waals surface area contributed by atoms with Gasteiger partial charge in [0.25, 0.3) is 0 Å². The molecule has 0 fully saturated rings. The predicted octanol–water partition coefficient (Wildman–Crippen LogP) is 4.06. The Bertz CT molecular complexity index is 362. The monoisotopic (exact) mass is 250 g/mol. The summed E-state index contributed by atoms with van der Waals surface area (Å²) in [5.41, 5.74) is 1.52. The Morgan fingerprint density at radius 1 is 1.35 bits per heavy atom. The summed E-state index contributed by atoms with van der Waals surface area (Å²) in [6.07, 6.45) is 3.17. The zero-order chi connectivity index (χ0) is 12.3. The Morgan fingerprint density at radius 2 is 2.12 bits per heavy atom. The Morgan fingerprint density at radius 3 is 2.88 bits per heavy atom. The number of fused-ring (bicyclic) bond motifs is 1. The van der Waals surface area contributed by atoms with Crippen LogP contribution in [0.25, 0.3) is 0 Å². The number of rotatable bonds is 5. The van der Waals surface area contributed by atoms with Gasteiger partial charge in [0, 0.05) is 10.6 Å². The van der Waals surface area contributed by atoms with Crippen molar-refractivity contribution in [1.29, 1.82) is 0 Å². The lowest BCUT2D eigenvalue weighted by Crippen LogP contribution is -2.14. The Labute approximate surface area is 109 Å². The number of thioether (sulfide) groups is 1. The number of aliphatic hydroxyl groups excluding tert-OH is 1. The van der Waals surface area contributed by atoms with Crippen LogP contribution in [0.15, 0.2) is 29.2 Å². The van der Waals surface area contributed by atoms with E-state index in [0.717, 1.165) is 12.8 Å². The summed E-state index contributed by atoms with van der Waals surface area (Å²) < 4.78 is 0. The first-order valence-corrected chi connectivity index (χ1v) is 7.57. The largest absolute Gasteiger partial charge is 0.393 e. The van der Waals surface area contributed by atoms with Crippen molar-refractivity contribution in [3.8, 4) is 0 Å². The first kappa shape index (κ1) is 13.0. The van der Waals surface area contributed by atoms with Crippen LogP contribution >= 0.6 is 11.8 Å². The molecular formula is C15H22OS.